The Morgan fingerprint density at radius 3 is 2.50 bits per heavy atom. The van der Waals surface area contributed by atoms with Gasteiger partial charge in [-0.15, -0.1) is 11.8 Å². The Hall–Kier alpha value is -4.02. The molecule has 1 atom stereocenters. The largest absolute Gasteiger partial charge is 0.489 e. The summed E-state index contributed by atoms with van der Waals surface area (Å²) in [7, 11) is 0. The molecule has 4 rings (SSSR count). The summed E-state index contributed by atoms with van der Waals surface area (Å²) in [5.74, 6) is -2.35. The molecule has 10 heteroatoms. The van der Waals surface area contributed by atoms with Crippen LogP contribution < -0.4 is 10.1 Å². The standard InChI is InChI=1S/C28H24F2N2O5S/c1-16-32-24(15-36-16)27(31-13-26(33)34)28(35)19-5-3-4-17(10-19)14-37-20-8-6-18(7-9-20)21-11-22(29)23(30)12-25(21)38-2/h3-12,15,27,31H,13-14H2,1-2H3,(H,33,34). The molecule has 0 saturated heterocycles. The average Bonchev–Trinajstić information content (AvgIpc) is 3.34. The van der Waals surface area contributed by atoms with Crippen molar-refractivity contribution in [3.05, 3.63) is 101 Å². The van der Waals surface area contributed by atoms with Crippen molar-refractivity contribution >= 4 is 23.5 Å². The number of benzene rings is 3. The Morgan fingerprint density at radius 2 is 1.84 bits per heavy atom. The molecule has 4 aromatic rings. The lowest BCUT2D eigenvalue weighted by molar-refractivity contribution is -0.136. The smallest absolute Gasteiger partial charge is 0.317 e. The number of carboxylic acids is 1. The maximum atomic E-state index is 13.8. The summed E-state index contributed by atoms with van der Waals surface area (Å²) in [6, 6.07) is 15.2. The molecule has 0 aliphatic carbocycles. The van der Waals surface area contributed by atoms with Crippen LogP contribution in [0.4, 0.5) is 8.78 Å². The van der Waals surface area contributed by atoms with Gasteiger partial charge in [-0.25, -0.2) is 13.8 Å². The molecular weight excluding hydrogens is 514 g/mol. The number of carbonyl (C=O) groups excluding carboxylic acids is 1. The molecule has 3 aromatic carbocycles. The van der Waals surface area contributed by atoms with Crippen molar-refractivity contribution in [3.63, 3.8) is 0 Å². The number of aliphatic carboxylic acids is 1. The number of hydrogen-bond acceptors (Lipinski definition) is 7. The van der Waals surface area contributed by atoms with E-state index in [-0.39, 0.29) is 12.4 Å². The van der Waals surface area contributed by atoms with Gasteiger partial charge in [0.2, 0.25) is 0 Å². The van der Waals surface area contributed by atoms with Crippen LogP contribution in [-0.4, -0.2) is 34.6 Å². The summed E-state index contributed by atoms with van der Waals surface area (Å²) in [6.45, 7) is 1.37. The fourth-order valence-electron chi connectivity index (χ4n) is 3.84. The third-order valence-electron chi connectivity index (χ3n) is 5.68. The van der Waals surface area contributed by atoms with E-state index in [9.17, 15) is 18.4 Å². The molecule has 0 amide bonds. The molecule has 38 heavy (non-hydrogen) atoms. The van der Waals surface area contributed by atoms with Crippen LogP contribution in [0.5, 0.6) is 5.75 Å². The van der Waals surface area contributed by atoms with Crippen LogP contribution in [0.2, 0.25) is 0 Å². The van der Waals surface area contributed by atoms with E-state index in [0.717, 1.165) is 11.1 Å². The number of nitrogens with one attached hydrogen (secondary N) is 1. The van der Waals surface area contributed by atoms with Gasteiger partial charge < -0.3 is 14.3 Å². The minimum Gasteiger partial charge on any atom is -0.489 e. The summed E-state index contributed by atoms with van der Waals surface area (Å²) < 4.78 is 38.5. The van der Waals surface area contributed by atoms with Gasteiger partial charge in [0.05, 0.1) is 6.54 Å². The van der Waals surface area contributed by atoms with E-state index in [1.54, 1.807) is 61.7 Å². The van der Waals surface area contributed by atoms with Gasteiger partial charge in [0.15, 0.2) is 23.3 Å². The molecule has 1 heterocycles. The van der Waals surface area contributed by atoms with Crippen molar-refractivity contribution in [2.75, 3.05) is 12.8 Å². The molecule has 196 valence electrons. The van der Waals surface area contributed by atoms with Gasteiger partial charge in [-0.05, 0) is 53.3 Å². The molecule has 0 aliphatic rings. The molecule has 0 fully saturated rings. The summed E-state index contributed by atoms with van der Waals surface area (Å²) in [4.78, 5) is 29.1. The zero-order valence-electron chi connectivity index (χ0n) is 20.5. The van der Waals surface area contributed by atoms with Crippen molar-refractivity contribution in [1.29, 1.82) is 0 Å². The van der Waals surface area contributed by atoms with Crippen molar-refractivity contribution in [3.8, 4) is 16.9 Å². The number of hydrogen-bond donors (Lipinski definition) is 2. The monoisotopic (exact) mass is 538 g/mol. The van der Waals surface area contributed by atoms with Crippen LogP contribution >= 0.6 is 11.8 Å². The number of ketones is 1. The lowest BCUT2D eigenvalue weighted by Crippen LogP contribution is -2.33. The zero-order valence-corrected chi connectivity index (χ0v) is 21.4. The summed E-state index contributed by atoms with van der Waals surface area (Å²) >= 11 is 1.33. The van der Waals surface area contributed by atoms with E-state index in [1.807, 2.05) is 0 Å². The van der Waals surface area contributed by atoms with Crippen LogP contribution in [0.3, 0.4) is 0 Å². The fourth-order valence-corrected chi connectivity index (χ4v) is 4.45. The minimum absolute atomic E-state index is 0.165. The highest BCUT2D eigenvalue weighted by Gasteiger charge is 2.25. The Balaban J connectivity index is 1.47. The predicted molar refractivity (Wildman–Crippen MR) is 138 cm³/mol. The predicted octanol–water partition coefficient (Wildman–Crippen LogP) is 5.83. The summed E-state index contributed by atoms with van der Waals surface area (Å²) in [6.07, 6.45) is 3.12. The first-order chi connectivity index (χ1) is 18.2. The van der Waals surface area contributed by atoms with Crippen molar-refractivity contribution in [2.45, 2.75) is 24.5 Å². The number of oxazole rings is 1. The van der Waals surface area contributed by atoms with Crippen molar-refractivity contribution < 1.29 is 32.6 Å². The van der Waals surface area contributed by atoms with E-state index >= 15 is 0 Å². The Morgan fingerprint density at radius 1 is 1.11 bits per heavy atom. The zero-order chi connectivity index (χ0) is 27.2. The average molecular weight is 539 g/mol. The van der Waals surface area contributed by atoms with Gasteiger partial charge in [0, 0.05) is 17.4 Å². The number of aromatic nitrogens is 1. The molecule has 1 unspecified atom stereocenters. The van der Waals surface area contributed by atoms with Gasteiger partial charge in [-0.1, -0.05) is 30.3 Å². The summed E-state index contributed by atoms with van der Waals surface area (Å²) in [5, 5.41) is 11.8. The highest BCUT2D eigenvalue weighted by atomic mass is 32.2. The molecule has 0 radical (unpaired) electrons. The van der Waals surface area contributed by atoms with E-state index in [1.165, 1.54) is 30.2 Å². The maximum Gasteiger partial charge on any atom is 0.317 e. The van der Waals surface area contributed by atoms with Gasteiger partial charge in [0.1, 0.15) is 30.4 Å². The number of rotatable bonds is 11. The van der Waals surface area contributed by atoms with Gasteiger partial charge in [-0.2, -0.15) is 0 Å². The number of Topliss-reactive ketones (excluding diaryl/α,β-unsaturated/α-hetero) is 1. The fraction of sp³-hybridized carbons (Fsp3) is 0.179. The maximum absolute atomic E-state index is 13.8. The second-order valence-electron chi connectivity index (χ2n) is 8.34. The van der Waals surface area contributed by atoms with Crippen molar-refractivity contribution in [2.24, 2.45) is 0 Å². The number of carboxylic acid groups (broad SMARTS) is 1. The number of carbonyl (C=O) groups is 2. The topological polar surface area (TPSA) is 102 Å². The first-order valence-corrected chi connectivity index (χ1v) is 12.7. The normalized spacial score (nSPS) is 11.8. The van der Waals surface area contributed by atoms with Crippen LogP contribution in [-0.2, 0) is 11.4 Å². The SMILES string of the molecule is CSc1cc(F)c(F)cc1-c1ccc(OCc2cccc(C(=O)C(NCC(=O)O)c3coc(C)n3)c2)cc1. The number of halogens is 2. The molecule has 0 spiro atoms. The van der Waals surface area contributed by atoms with E-state index in [2.05, 4.69) is 10.3 Å². The van der Waals surface area contributed by atoms with Gasteiger partial charge >= 0.3 is 5.97 Å². The highest BCUT2D eigenvalue weighted by molar-refractivity contribution is 7.98. The Labute approximate surface area is 221 Å². The van der Waals surface area contributed by atoms with Crippen LogP contribution in [0.25, 0.3) is 11.1 Å². The van der Waals surface area contributed by atoms with E-state index in [4.69, 9.17) is 14.3 Å². The van der Waals surface area contributed by atoms with E-state index < -0.39 is 30.2 Å². The number of thioether (sulfide) groups is 1. The molecule has 0 aliphatic heterocycles. The second kappa shape index (κ2) is 12.0. The quantitative estimate of drug-likeness (QED) is 0.182. The van der Waals surface area contributed by atoms with Crippen LogP contribution in [0.15, 0.2) is 76.2 Å². The van der Waals surface area contributed by atoms with Crippen molar-refractivity contribution in [1.82, 2.24) is 10.3 Å². The Bertz CT molecular complexity index is 1460. The molecule has 7 nitrogen and oxygen atoms in total. The van der Waals surface area contributed by atoms with Gasteiger partial charge in [0.25, 0.3) is 0 Å². The molecule has 2 N–H and O–H groups in total. The first-order valence-electron chi connectivity index (χ1n) is 11.5. The lowest BCUT2D eigenvalue weighted by Gasteiger charge is -2.15. The highest BCUT2D eigenvalue weighted by Crippen LogP contribution is 2.33. The molecular formula is C28H24F2N2O5S. The third-order valence-corrected chi connectivity index (χ3v) is 6.45. The molecule has 1 aromatic heterocycles. The van der Waals surface area contributed by atoms with Gasteiger partial charge in [-0.3, -0.25) is 14.9 Å². The van der Waals surface area contributed by atoms with Crippen LogP contribution in [0.1, 0.15) is 33.5 Å². The third kappa shape index (κ3) is 6.45. The second-order valence-corrected chi connectivity index (χ2v) is 9.19. The summed E-state index contributed by atoms with van der Waals surface area (Å²) in [5.41, 5.74) is 2.67. The first kappa shape index (κ1) is 27.0. The van der Waals surface area contributed by atoms with E-state index in [0.29, 0.717) is 33.4 Å². The molecule has 0 bridgehead atoms. The lowest BCUT2D eigenvalue weighted by atomic mass is 10.00. The number of ether oxygens (including phenoxy) is 1. The molecule has 0 saturated carbocycles. The van der Waals surface area contributed by atoms with Crippen LogP contribution in [0, 0.1) is 18.6 Å². The number of nitrogens with zero attached hydrogens (tertiary/aromatic N) is 1. The minimum atomic E-state index is -1.11. The Kier molecular flexibility index (Phi) is 8.55. The number of aryl methyl sites for hydroxylation is 1.